The molecule has 2 nitrogen and oxygen atoms in total. The fourth-order valence-electron chi connectivity index (χ4n) is 2.56. The molecule has 0 saturated carbocycles. The number of halogens is 1. The molecule has 2 rings (SSSR count). The van der Waals surface area contributed by atoms with E-state index >= 15 is 0 Å². The normalized spacial score (nSPS) is 15.5. The number of rotatable bonds is 6. The van der Waals surface area contributed by atoms with Gasteiger partial charge in [-0.15, -0.1) is 11.8 Å². The lowest BCUT2D eigenvalue weighted by Gasteiger charge is -2.16. The van der Waals surface area contributed by atoms with Crippen LogP contribution in [0, 0.1) is 0 Å². The number of hydrogen-bond acceptors (Lipinski definition) is 3. The summed E-state index contributed by atoms with van der Waals surface area (Å²) < 4.78 is 14.1. The first-order valence-corrected chi connectivity index (χ1v) is 9.21. The summed E-state index contributed by atoms with van der Waals surface area (Å²) in [6.07, 6.45) is 3.69. The zero-order valence-corrected chi connectivity index (χ0v) is 15.0. The molecule has 1 aliphatic rings. The number of Topliss-reactive ketones (excluding diaryl/α,β-unsaturated/α-hetero) is 1. The van der Waals surface area contributed by atoms with Gasteiger partial charge in [0.1, 0.15) is 13.7 Å². The molecule has 2 radical (unpaired) electrons. The van der Waals surface area contributed by atoms with Crippen molar-refractivity contribution < 1.29 is 9.18 Å². The summed E-state index contributed by atoms with van der Waals surface area (Å²) in [5.41, 5.74) is 2.27. The smallest absolute Gasteiger partial charge is 0.164 e. The van der Waals surface area contributed by atoms with E-state index in [-0.39, 0.29) is 11.6 Å². The molecule has 1 aromatic carbocycles. The summed E-state index contributed by atoms with van der Waals surface area (Å²) in [5.74, 6) is 0.719. The molecule has 24 heavy (non-hydrogen) atoms. The van der Waals surface area contributed by atoms with Gasteiger partial charge in [0.25, 0.3) is 0 Å². The van der Waals surface area contributed by atoms with Gasteiger partial charge >= 0.3 is 0 Å². The van der Waals surface area contributed by atoms with E-state index in [1.165, 1.54) is 0 Å². The van der Waals surface area contributed by atoms with E-state index in [1.807, 2.05) is 38.1 Å². The van der Waals surface area contributed by atoms with Crippen molar-refractivity contribution >= 4 is 36.1 Å². The largest absolute Gasteiger partial charge is 0.294 e. The van der Waals surface area contributed by atoms with Crippen molar-refractivity contribution in [2.24, 2.45) is 4.99 Å². The van der Waals surface area contributed by atoms with Gasteiger partial charge in [0.15, 0.2) is 5.78 Å². The molecular formula is C19H21BFNOS. The Hall–Kier alpha value is -1.62. The second-order valence-corrected chi connectivity index (χ2v) is 6.83. The molecule has 0 unspecified atom stereocenters. The number of carbonyl (C=O) groups is 1. The maximum absolute atomic E-state index is 14.1. The number of allylic oxidation sites excluding steroid dienone is 4. The lowest BCUT2D eigenvalue weighted by molar-refractivity contribution is 0.0989. The van der Waals surface area contributed by atoms with Crippen LogP contribution in [0.4, 0.5) is 10.1 Å². The van der Waals surface area contributed by atoms with Gasteiger partial charge in [-0.1, -0.05) is 37.5 Å². The first-order valence-electron chi connectivity index (χ1n) is 8.22. The van der Waals surface area contributed by atoms with Crippen LogP contribution >= 0.6 is 11.8 Å². The Balaban J connectivity index is 2.36. The van der Waals surface area contributed by atoms with E-state index in [0.717, 1.165) is 10.8 Å². The second-order valence-electron chi connectivity index (χ2n) is 5.49. The van der Waals surface area contributed by atoms with Gasteiger partial charge in [0, 0.05) is 24.8 Å². The predicted molar refractivity (Wildman–Crippen MR) is 102 cm³/mol. The van der Waals surface area contributed by atoms with Crippen molar-refractivity contribution in [1.29, 1.82) is 0 Å². The van der Waals surface area contributed by atoms with E-state index in [9.17, 15) is 9.18 Å². The van der Waals surface area contributed by atoms with Gasteiger partial charge in [-0.25, -0.2) is 9.38 Å². The molecule has 0 atom stereocenters. The average Bonchev–Trinajstić information content (AvgIpc) is 2.58. The Morgan fingerprint density at radius 3 is 2.75 bits per heavy atom. The van der Waals surface area contributed by atoms with Crippen molar-refractivity contribution in [3.63, 3.8) is 0 Å². The third-order valence-corrected chi connectivity index (χ3v) is 4.67. The Kier molecular flexibility index (Phi) is 7.04. The topological polar surface area (TPSA) is 29.4 Å². The van der Waals surface area contributed by atoms with Crippen molar-refractivity contribution in [3.8, 4) is 0 Å². The third-order valence-electron chi connectivity index (χ3n) is 3.81. The Bertz CT molecular complexity index is 709. The summed E-state index contributed by atoms with van der Waals surface area (Å²) in [4.78, 5) is 16.7. The Morgan fingerprint density at radius 1 is 1.33 bits per heavy atom. The zero-order chi connectivity index (χ0) is 17.5. The minimum Gasteiger partial charge on any atom is -0.294 e. The molecule has 0 saturated heterocycles. The molecule has 0 aromatic heterocycles. The highest BCUT2D eigenvalue weighted by Crippen LogP contribution is 2.31. The zero-order valence-electron chi connectivity index (χ0n) is 14.1. The van der Waals surface area contributed by atoms with Crippen molar-refractivity contribution in [1.82, 2.24) is 0 Å². The molecule has 0 spiro atoms. The van der Waals surface area contributed by atoms with Crippen LogP contribution in [0.1, 0.15) is 49.9 Å². The van der Waals surface area contributed by atoms with E-state index in [4.69, 9.17) is 7.85 Å². The van der Waals surface area contributed by atoms with E-state index in [1.54, 1.807) is 17.8 Å². The number of aliphatic imine (C=N–C) groups is 1. The molecule has 0 fully saturated rings. The number of nitrogens with zero attached hydrogens (tertiary/aromatic N) is 1. The van der Waals surface area contributed by atoms with Crippen LogP contribution in [-0.2, 0) is 0 Å². The van der Waals surface area contributed by atoms with Crippen LogP contribution in [0.2, 0.25) is 0 Å². The van der Waals surface area contributed by atoms with Crippen molar-refractivity contribution in [2.45, 2.75) is 39.5 Å². The number of ketones is 1. The monoisotopic (exact) mass is 341 g/mol. The Labute approximate surface area is 148 Å². The van der Waals surface area contributed by atoms with Gasteiger partial charge in [0.2, 0.25) is 0 Å². The summed E-state index contributed by atoms with van der Waals surface area (Å²) in [6.45, 7) is 3.85. The standard InChI is InChI=1S/C19H21BFNOS/c1-3-18(23)13-8-5-6-11-17(13)22-19(24-4-2)12-14-15(20)9-7-10-16(14)21/h5-6,8-9,11H,3-4,7,10,12H2,1-2H3. The molecule has 0 aliphatic heterocycles. The highest BCUT2D eigenvalue weighted by Gasteiger charge is 2.16. The lowest BCUT2D eigenvalue weighted by Crippen LogP contribution is -2.05. The van der Waals surface area contributed by atoms with Crippen LogP contribution in [0.3, 0.4) is 0 Å². The first-order chi connectivity index (χ1) is 11.6. The lowest BCUT2D eigenvalue weighted by atomic mass is 9.82. The predicted octanol–water partition coefficient (Wildman–Crippen LogP) is 5.52. The Morgan fingerprint density at radius 2 is 2.08 bits per heavy atom. The number of carbonyl (C=O) groups excluding carboxylic acids is 1. The second kappa shape index (κ2) is 9.02. The molecule has 0 heterocycles. The van der Waals surface area contributed by atoms with Gasteiger partial charge < -0.3 is 0 Å². The van der Waals surface area contributed by atoms with E-state index in [0.29, 0.717) is 48.0 Å². The van der Waals surface area contributed by atoms with Gasteiger partial charge in [-0.05, 0) is 29.9 Å². The average molecular weight is 341 g/mol. The summed E-state index contributed by atoms with van der Waals surface area (Å²) in [6, 6.07) is 7.30. The molecule has 1 aromatic rings. The van der Waals surface area contributed by atoms with E-state index in [2.05, 4.69) is 4.99 Å². The van der Waals surface area contributed by atoms with Gasteiger partial charge in [-0.3, -0.25) is 4.79 Å². The quantitative estimate of drug-likeness (QED) is 0.295. The van der Waals surface area contributed by atoms with Crippen LogP contribution < -0.4 is 0 Å². The van der Waals surface area contributed by atoms with Crippen LogP contribution in [-0.4, -0.2) is 24.4 Å². The highest BCUT2D eigenvalue weighted by molar-refractivity contribution is 8.13. The molecular weight excluding hydrogens is 320 g/mol. The summed E-state index contributed by atoms with van der Waals surface area (Å²) >= 11 is 1.55. The maximum Gasteiger partial charge on any atom is 0.164 e. The van der Waals surface area contributed by atoms with Crippen LogP contribution in [0.15, 0.2) is 52.2 Å². The molecule has 0 amide bonds. The van der Waals surface area contributed by atoms with Crippen LogP contribution in [0.5, 0.6) is 0 Å². The molecule has 5 heteroatoms. The minimum absolute atomic E-state index is 0.0534. The number of benzene rings is 1. The maximum atomic E-state index is 14.1. The SMILES string of the molecule is [B]C1=CCCC(F)=C1CC(=Nc1ccccc1C(=O)CC)SCC. The van der Waals surface area contributed by atoms with Crippen molar-refractivity contribution in [3.05, 3.63) is 52.8 Å². The van der Waals surface area contributed by atoms with Crippen LogP contribution in [0.25, 0.3) is 0 Å². The fraction of sp³-hybridized carbons (Fsp3) is 0.368. The summed E-state index contributed by atoms with van der Waals surface area (Å²) in [5, 5.41) is 0.775. The molecule has 0 bridgehead atoms. The first kappa shape index (κ1) is 18.7. The number of para-hydroxylation sites is 1. The molecule has 124 valence electrons. The van der Waals surface area contributed by atoms with E-state index < -0.39 is 0 Å². The summed E-state index contributed by atoms with van der Waals surface area (Å²) in [7, 11) is 5.95. The highest BCUT2D eigenvalue weighted by atomic mass is 32.2. The molecule has 0 N–H and O–H groups in total. The number of hydrogen-bond donors (Lipinski definition) is 0. The number of thioether (sulfide) groups is 1. The fourth-order valence-corrected chi connectivity index (χ4v) is 3.30. The van der Waals surface area contributed by atoms with Gasteiger partial charge in [-0.2, -0.15) is 0 Å². The molecule has 1 aliphatic carbocycles. The third kappa shape index (κ3) is 4.70. The van der Waals surface area contributed by atoms with Gasteiger partial charge in [0.05, 0.1) is 10.7 Å². The van der Waals surface area contributed by atoms with Crippen molar-refractivity contribution in [2.75, 3.05) is 5.75 Å². The minimum atomic E-state index is -0.155.